The Hall–Kier alpha value is -1.32. The fourth-order valence-corrected chi connectivity index (χ4v) is 0.724. The highest BCUT2D eigenvalue weighted by Crippen LogP contribution is 1.96. The van der Waals surface area contributed by atoms with Gasteiger partial charge in [-0.05, 0) is 19.9 Å². The quantitative estimate of drug-likeness (QED) is 0.644. The molecule has 0 bridgehead atoms. The van der Waals surface area contributed by atoms with E-state index in [1.165, 1.54) is 6.07 Å². The molecule has 0 aliphatic rings. The largest absolute Gasteiger partial charge is 0.378 e. The minimum atomic E-state index is -0.211. The second-order valence-corrected chi connectivity index (χ2v) is 2.54. The van der Waals surface area contributed by atoms with Crippen molar-refractivity contribution >= 4 is 5.69 Å². The van der Waals surface area contributed by atoms with Crippen molar-refractivity contribution in [1.82, 2.24) is 10.2 Å². The highest BCUT2D eigenvalue weighted by atomic mass is 16.1. The van der Waals surface area contributed by atoms with E-state index in [1.807, 2.05) is 13.8 Å². The molecule has 1 rings (SSSR count). The lowest BCUT2D eigenvalue weighted by Gasteiger charge is -2.06. The van der Waals surface area contributed by atoms with Crippen LogP contribution in [0.2, 0.25) is 0 Å². The second-order valence-electron chi connectivity index (χ2n) is 2.54. The molecule has 2 N–H and O–H groups in total. The number of aromatic amines is 1. The van der Waals surface area contributed by atoms with Crippen LogP contribution >= 0.6 is 0 Å². The molecule has 1 radical (unpaired) electrons. The SMILES string of the molecule is CC(C)Nc1c[c]n[nH]c1=O. The van der Waals surface area contributed by atoms with Gasteiger partial charge in [0.2, 0.25) is 0 Å². The summed E-state index contributed by atoms with van der Waals surface area (Å²) >= 11 is 0. The minimum absolute atomic E-state index is 0.211. The molecule has 1 aromatic rings. The lowest BCUT2D eigenvalue weighted by atomic mass is 10.3. The zero-order valence-electron chi connectivity index (χ0n) is 6.51. The molecule has 4 heteroatoms. The van der Waals surface area contributed by atoms with Crippen LogP contribution in [0.5, 0.6) is 0 Å². The van der Waals surface area contributed by atoms with E-state index in [9.17, 15) is 4.79 Å². The maximum atomic E-state index is 11.0. The fourth-order valence-electron chi connectivity index (χ4n) is 0.724. The molecule has 1 aromatic heterocycles. The topological polar surface area (TPSA) is 57.8 Å². The van der Waals surface area contributed by atoms with Crippen LogP contribution in [0.15, 0.2) is 10.9 Å². The van der Waals surface area contributed by atoms with Crippen molar-refractivity contribution in [1.29, 1.82) is 0 Å². The molecular formula is C7H10N3O. The number of anilines is 1. The van der Waals surface area contributed by atoms with Crippen molar-refractivity contribution < 1.29 is 0 Å². The zero-order valence-corrected chi connectivity index (χ0v) is 6.51. The van der Waals surface area contributed by atoms with Gasteiger partial charge in [0.05, 0.1) is 0 Å². The summed E-state index contributed by atoms with van der Waals surface area (Å²) in [6.07, 6.45) is 2.54. The van der Waals surface area contributed by atoms with Crippen LogP contribution in [0.1, 0.15) is 13.8 Å². The third-order valence-corrected chi connectivity index (χ3v) is 1.12. The van der Waals surface area contributed by atoms with E-state index in [0.717, 1.165) is 0 Å². The Balaban J connectivity index is 2.87. The third kappa shape index (κ3) is 2.07. The summed E-state index contributed by atoms with van der Waals surface area (Å²) < 4.78 is 0. The van der Waals surface area contributed by atoms with Gasteiger partial charge in [-0.25, -0.2) is 5.10 Å². The molecule has 59 valence electrons. The molecule has 0 aliphatic heterocycles. The van der Waals surface area contributed by atoms with Crippen LogP contribution in [0, 0.1) is 6.20 Å². The molecule has 0 aliphatic carbocycles. The normalized spacial score (nSPS) is 10.1. The molecule has 0 fully saturated rings. The summed E-state index contributed by atoms with van der Waals surface area (Å²) in [7, 11) is 0. The second kappa shape index (κ2) is 3.18. The lowest BCUT2D eigenvalue weighted by Crippen LogP contribution is -2.19. The zero-order chi connectivity index (χ0) is 8.27. The maximum Gasteiger partial charge on any atom is 0.287 e. The lowest BCUT2D eigenvalue weighted by molar-refractivity contribution is 0.883. The number of aromatic nitrogens is 2. The highest BCUT2D eigenvalue weighted by molar-refractivity contribution is 5.38. The Labute approximate surface area is 64.6 Å². The van der Waals surface area contributed by atoms with Gasteiger partial charge in [0.15, 0.2) is 0 Å². The van der Waals surface area contributed by atoms with Crippen LogP contribution in [0.4, 0.5) is 5.69 Å². The van der Waals surface area contributed by atoms with Crippen LogP contribution < -0.4 is 10.9 Å². The summed E-state index contributed by atoms with van der Waals surface area (Å²) in [5.41, 5.74) is 0.299. The first-order valence-corrected chi connectivity index (χ1v) is 3.42. The van der Waals surface area contributed by atoms with Gasteiger partial charge in [0.25, 0.3) is 5.56 Å². The standard InChI is InChI=1S/C7H10N3O/c1-5(2)9-6-3-4-8-10-7(6)11/h3,5H,1-2H3,(H,8,9)(H,10,11). The molecule has 4 nitrogen and oxygen atoms in total. The molecule has 0 saturated carbocycles. The van der Waals surface area contributed by atoms with E-state index in [1.54, 1.807) is 0 Å². The average Bonchev–Trinajstić information content (AvgIpc) is 1.93. The van der Waals surface area contributed by atoms with E-state index in [2.05, 4.69) is 21.7 Å². The van der Waals surface area contributed by atoms with Gasteiger partial charge in [-0.1, -0.05) is 0 Å². The van der Waals surface area contributed by atoms with Crippen molar-refractivity contribution in [2.24, 2.45) is 0 Å². The molecule has 0 atom stereocenters. The molecule has 1 heterocycles. The van der Waals surface area contributed by atoms with Gasteiger partial charge in [0, 0.05) is 6.04 Å². The minimum Gasteiger partial charge on any atom is -0.378 e. The van der Waals surface area contributed by atoms with Crippen molar-refractivity contribution in [2.45, 2.75) is 19.9 Å². The van der Waals surface area contributed by atoms with E-state index in [-0.39, 0.29) is 11.6 Å². The highest BCUT2D eigenvalue weighted by Gasteiger charge is 1.98. The molecule has 11 heavy (non-hydrogen) atoms. The van der Waals surface area contributed by atoms with Gasteiger partial charge in [-0.3, -0.25) is 4.79 Å². The monoisotopic (exact) mass is 152 g/mol. The summed E-state index contributed by atoms with van der Waals surface area (Å²) in [6.45, 7) is 3.92. The smallest absolute Gasteiger partial charge is 0.287 e. The molecule has 0 saturated heterocycles. The van der Waals surface area contributed by atoms with Crippen molar-refractivity contribution in [2.75, 3.05) is 5.32 Å². The summed E-state index contributed by atoms with van der Waals surface area (Å²) in [4.78, 5) is 11.0. The first-order chi connectivity index (χ1) is 5.20. The van der Waals surface area contributed by atoms with E-state index < -0.39 is 0 Å². The summed E-state index contributed by atoms with van der Waals surface area (Å²) in [5, 5.41) is 8.69. The molecular weight excluding hydrogens is 142 g/mol. The first kappa shape index (κ1) is 7.78. The van der Waals surface area contributed by atoms with E-state index in [0.29, 0.717) is 5.69 Å². The van der Waals surface area contributed by atoms with Crippen LogP contribution in [-0.2, 0) is 0 Å². The van der Waals surface area contributed by atoms with Crippen molar-refractivity contribution in [3.63, 3.8) is 0 Å². The first-order valence-electron chi connectivity index (χ1n) is 3.42. The number of H-pyrrole nitrogens is 1. The van der Waals surface area contributed by atoms with Crippen LogP contribution in [0.3, 0.4) is 0 Å². The molecule has 0 spiro atoms. The number of hydrogen-bond acceptors (Lipinski definition) is 3. The van der Waals surface area contributed by atoms with Gasteiger partial charge in [-0.2, -0.15) is 5.10 Å². The van der Waals surface area contributed by atoms with Gasteiger partial charge >= 0.3 is 0 Å². The Morgan fingerprint density at radius 1 is 1.73 bits per heavy atom. The predicted octanol–water partition coefficient (Wildman–Crippen LogP) is 0.390. The van der Waals surface area contributed by atoms with E-state index in [4.69, 9.17) is 0 Å². The van der Waals surface area contributed by atoms with Crippen LogP contribution in [-0.4, -0.2) is 16.2 Å². The fraction of sp³-hybridized carbons (Fsp3) is 0.429. The number of rotatable bonds is 2. The maximum absolute atomic E-state index is 11.0. The molecule has 0 amide bonds. The number of hydrogen-bond donors (Lipinski definition) is 2. The Bertz CT molecular complexity index is 279. The number of nitrogens with one attached hydrogen (secondary N) is 2. The summed E-state index contributed by atoms with van der Waals surface area (Å²) in [6, 6.07) is 1.77. The average molecular weight is 152 g/mol. The van der Waals surface area contributed by atoms with Gasteiger partial charge in [0.1, 0.15) is 11.9 Å². The van der Waals surface area contributed by atoms with Gasteiger partial charge in [-0.15, -0.1) is 0 Å². The Morgan fingerprint density at radius 2 is 2.45 bits per heavy atom. The third-order valence-electron chi connectivity index (χ3n) is 1.12. The molecule has 0 unspecified atom stereocenters. The van der Waals surface area contributed by atoms with Crippen molar-refractivity contribution in [3.05, 3.63) is 22.6 Å². The van der Waals surface area contributed by atoms with Crippen molar-refractivity contribution in [3.8, 4) is 0 Å². The van der Waals surface area contributed by atoms with Gasteiger partial charge < -0.3 is 5.32 Å². The van der Waals surface area contributed by atoms with Crippen LogP contribution in [0.25, 0.3) is 0 Å². The Morgan fingerprint density at radius 3 is 3.00 bits per heavy atom. The number of nitrogens with zero attached hydrogens (tertiary/aromatic N) is 1. The van der Waals surface area contributed by atoms with E-state index >= 15 is 0 Å². The Kier molecular flexibility index (Phi) is 2.25. The predicted molar refractivity (Wildman–Crippen MR) is 42.5 cm³/mol. The summed E-state index contributed by atoms with van der Waals surface area (Å²) in [5.74, 6) is 0. The molecule has 0 aromatic carbocycles.